The van der Waals surface area contributed by atoms with Crippen LogP contribution < -0.4 is 5.56 Å². The predicted molar refractivity (Wildman–Crippen MR) is 68.0 cm³/mol. The Morgan fingerprint density at radius 1 is 1.17 bits per heavy atom. The highest BCUT2D eigenvalue weighted by molar-refractivity contribution is 5.89. The van der Waals surface area contributed by atoms with Crippen molar-refractivity contribution in [2.24, 2.45) is 0 Å². The number of benzene rings is 1. The maximum Gasteiger partial charge on any atom is 0.337 e. The quantitative estimate of drug-likeness (QED) is 0.868. The van der Waals surface area contributed by atoms with Gasteiger partial charge < -0.3 is 10.1 Å². The lowest BCUT2D eigenvalue weighted by Gasteiger charge is -2.14. The lowest BCUT2D eigenvalue weighted by Crippen LogP contribution is -2.16. The second-order valence-electron chi connectivity index (χ2n) is 4.09. The van der Waals surface area contributed by atoms with Gasteiger partial charge in [-0.2, -0.15) is 0 Å². The van der Waals surface area contributed by atoms with Crippen LogP contribution >= 0.6 is 0 Å². The number of carbonyl (C=O) groups is 1. The van der Waals surface area contributed by atoms with Gasteiger partial charge in [0.1, 0.15) is 0 Å². The van der Waals surface area contributed by atoms with E-state index in [1.165, 1.54) is 12.1 Å². The maximum atomic E-state index is 11.4. The molecule has 0 bridgehead atoms. The molecule has 1 aromatic carbocycles. The number of hydrogen-bond donors (Lipinski definition) is 2. The third-order valence-electron chi connectivity index (χ3n) is 2.91. The second-order valence-corrected chi connectivity index (χ2v) is 4.09. The van der Waals surface area contributed by atoms with E-state index in [9.17, 15) is 9.59 Å². The molecule has 0 amide bonds. The minimum atomic E-state index is -1.04. The van der Waals surface area contributed by atoms with Gasteiger partial charge in [-0.3, -0.25) is 4.79 Å². The van der Waals surface area contributed by atoms with Gasteiger partial charge in [0, 0.05) is 17.7 Å². The van der Waals surface area contributed by atoms with Gasteiger partial charge in [-0.15, -0.1) is 0 Å². The first-order valence-corrected chi connectivity index (χ1v) is 5.61. The van der Waals surface area contributed by atoms with E-state index in [-0.39, 0.29) is 17.0 Å². The molecule has 4 heteroatoms. The highest BCUT2D eigenvalue weighted by Crippen LogP contribution is 2.24. The molecule has 0 saturated heterocycles. The van der Waals surface area contributed by atoms with E-state index in [0.29, 0.717) is 5.69 Å². The van der Waals surface area contributed by atoms with Gasteiger partial charge in [-0.25, -0.2) is 4.79 Å². The zero-order valence-electron chi connectivity index (χ0n) is 9.88. The summed E-state index contributed by atoms with van der Waals surface area (Å²) in [6.45, 7) is 1.87. The van der Waals surface area contributed by atoms with Gasteiger partial charge in [-0.1, -0.05) is 37.3 Å². The SMILES string of the molecule is CC(c1ccccc1)c1[nH]c(=O)ccc1C(=O)O. The van der Waals surface area contributed by atoms with E-state index in [1.54, 1.807) is 0 Å². The Hall–Kier alpha value is -2.36. The van der Waals surface area contributed by atoms with Crippen LogP contribution in [0.25, 0.3) is 0 Å². The van der Waals surface area contributed by atoms with Crippen molar-refractivity contribution in [1.29, 1.82) is 0 Å². The highest BCUT2D eigenvalue weighted by Gasteiger charge is 2.17. The monoisotopic (exact) mass is 243 g/mol. The first-order valence-electron chi connectivity index (χ1n) is 5.61. The van der Waals surface area contributed by atoms with Crippen molar-refractivity contribution in [3.05, 3.63) is 69.6 Å². The molecule has 1 atom stereocenters. The number of hydrogen-bond acceptors (Lipinski definition) is 2. The molecule has 1 heterocycles. The van der Waals surface area contributed by atoms with Crippen molar-refractivity contribution in [2.75, 3.05) is 0 Å². The number of aromatic nitrogens is 1. The minimum Gasteiger partial charge on any atom is -0.478 e. The van der Waals surface area contributed by atoms with Crippen LogP contribution in [0.1, 0.15) is 34.5 Å². The Morgan fingerprint density at radius 2 is 1.83 bits per heavy atom. The molecule has 2 rings (SSSR count). The first kappa shape index (κ1) is 12.1. The summed E-state index contributed by atoms with van der Waals surface area (Å²) in [6.07, 6.45) is 0. The van der Waals surface area contributed by atoms with Crippen molar-refractivity contribution >= 4 is 5.97 Å². The molecule has 1 unspecified atom stereocenters. The number of H-pyrrole nitrogens is 1. The highest BCUT2D eigenvalue weighted by atomic mass is 16.4. The number of aromatic carboxylic acids is 1. The summed E-state index contributed by atoms with van der Waals surface area (Å²) >= 11 is 0. The standard InChI is InChI=1S/C14H13NO3/c1-9(10-5-3-2-4-6-10)13-11(14(17)18)7-8-12(16)15-13/h2-9H,1H3,(H,15,16)(H,17,18). The van der Waals surface area contributed by atoms with E-state index >= 15 is 0 Å². The van der Waals surface area contributed by atoms with Crippen molar-refractivity contribution in [3.63, 3.8) is 0 Å². The molecule has 0 fully saturated rings. The van der Waals surface area contributed by atoms with Gasteiger partial charge in [0.25, 0.3) is 0 Å². The average Bonchev–Trinajstić information content (AvgIpc) is 2.38. The minimum absolute atomic E-state index is 0.131. The van der Waals surface area contributed by atoms with E-state index < -0.39 is 5.97 Å². The molecule has 92 valence electrons. The molecule has 4 nitrogen and oxygen atoms in total. The summed E-state index contributed by atoms with van der Waals surface area (Å²) in [4.78, 5) is 25.1. The number of carboxylic acids is 1. The van der Waals surface area contributed by atoms with Gasteiger partial charge in [0.15, 0.2) is 0 Å². The van der Waals surface area contributed by atoms with E-state index in [4.69, 9.17) is 5.11 Å². The Morgan fingerprint density at radius 3 is 2.44 bits per heavy atom. The first-order chi connectivity index (χ1) is 8.59. The molecule has 0 spiro atoms. The van der Waals surface area contributed by atoms with Crippen molar-refractivity contribution in [3.8, 4) is 0 Å². The van der Waals surface area contributed by atoms with E-state index in [0.717, 1.165) is 5.56 Å². The average molecular weight is 243 g/mol. The van der Waals surface area contributed by atoms with Crippen LogP contribution in [0.2, 0.25) is 0 Å². The molecule has 0 aliphatic rings. The van der Waals surface area contributed by atoms with Crippen LogP contribution in [-0.4, -0.2) is 16.1 Å². The molecule has 18 heavy (non-hydrogen) atoms. The molecular formula is C14H13NO3. The van der Waals surface area contributed by atoms with Crippen LogP contribution in [0.3, 0.4) is 0 Å². The zero-order chi connectivity index (χ0) is 13.1. The van der Waals surface area contributed by atoms with E-state index in [1.807, 2.05) is 37.3 Å². The van der Waals surface area contributed by atoms with E-state index in [2.05, 4.69) is 4.98 Å². The van der Waals surface area contributed by atoms with Crippen LogP contribution in [0.4, 0.5) is 0 Å². The fraction of sp³-hybridized carbons (Fsp3) is 0.143. The summed E-state index contributed by atoms with van der Waals surface area (Å²) in [5, 5.41) is 9.13. The lowest BCUT2D eigenvalue weighted by molar-refractivity contribution is 0.0695. The Labute approximate surface area is 104 Å². The largest absolute Gasteiger partial charge is 0.478 e. The Kier molecular flexibility index (Phi) is 3.28. The smallest absolute Gasteiger partial charge is 0.337 e. The Bertz CT molecular complexity index is 616. The summed E-state index contributed by atoms with van der Waals surface area (Å²) in [6, 6.07) is 12.0. The fourth-order valence-electron chi connectivity index (χ4n) is 1.93. The molecule has 1 aromatic heterocycles. The van der Waals surface area contributed by atoms with Crippen LogP contribution in [-0.2, 0) is 0 Å². The van der Waals surface area contributed by atoms with Crippen molar-refractivity contribution < 1.29 is 9.90 Å². The second kappa shape index (κ2) is 4.87. The van der Waals surface area contributed by atoms with Gasteiger partial charge in [-0.05, 0) is 11.6 Å². The summed E-state index contributed by atoms with van der Waals surface area (Å²) in [5.74, 6) is -1.21. The molecule has 2 aromatic rings. The summed E-state index contributed by atoms with van der Waals surface area (Å²) in [5.41, 5.74) is 1.23. The van der Waals surface area contributed by atoms with Crippen LogP contribution in [0.15, 0.2) is 47.3 Å². The van der Waals surface area contributed by atoms with Crippen molar-refractivity contribution in [1.82, 2.24) is 4.98 Å². The number of aromatic amines is 1. The van der Waals surface area contributed by atoms with Gasteiger partial charge in [0.05, 0.1) is 5.56 Å². The lowest BCUT2D eigenvalue weighted by atomic mass is 9.94. The fourth-order valence-corrected chi connectivity index (χ4v) is 1.93. The van der Waals surface area contributed by atoms with Gasteiger partial charge >= 0.3 is 5.97 Å². The number of nitrogens with one attached hydrogen (secondary N) is 1. The van der Waals surface area contributed by atoms with Gasteiger partial charge in [0.2, 0.25) is 5.56 Å². The molecule has 2 N–H and O–H groups in total. The molecule has 0 radical (unpaired) electrons. The Balaban J connectivity index is 2.53. The number of rotatable bonds is 3. The number of carboxylic acid groups (broad SMARTS) is 1. The summed E-state index contributed by atoms with van der Waals surface area (Å²) < 4.78 is 0. The van der Waals surface area contributed by atoms with Crippen molar-refractivity contribution in [2.45, 2.75) is 12.8 Å². The molecule has 0 aliphatic carbocycles. The number of pyridine rings is 1. The third-order valence-corrected chi connectivity index (χ3v) is 2.91. The van der Waals surface area contributed by atoms with Crippen LogP contribution in [0.5, 0.6) is 0 Å². The molecule has 0 aliphatic heterocycles. The molecular weight excluding hydrogens is 230 g/mol. The normalized spacial score (nSPS) is 12.1. The summed E-state index contributed by atoms with van der Waals surface area (Å²) in [7, 11) is 0. The zero-order valence-corrected chi connectivity index (χ0v) is 9.88. The third kappa shape index (κ3) is 2.32. The maximum absolute atomic E-state index is 11.4. The molecule has 0 saturated carbocycles. The topological polar surface area (TPSA) is 70.2 Å². The predicted octanol–water partition coefficient (Wildman–Crippen LogP) is 2.22. The van der Waals surface area contributed by atoms with Crippen LogP contribution in [0, 0.1) is 0 Å².